The molecule has 0 unspecified atom stereocenters. The summed E-state index contributed by atoms with van der Waals surface area (Å²) in [5.41, 5.74) is 1.60. The average Bonchev–Trinajstić information content (AvgIpc) is 2.86. The lowest BCUT2D eigenvalue weighted by atomic mass is 10.0. The largest absolute Gasteiger partial charge is 0.469 e. The number of esters is 1. The summed E-state index contributed by atoms with van der Waals surface area (Å²) in [5.74, 6) is -0.318. The molecule has 0 radical (unpaired) electrons. The molecule has 0 amide bonds. The Morgan fingerprint density at radius 1 is 1.25 bits per heavy atom. The molecule has 0 N–H and O–H groups in total. The minimum absolute atomic E-state index is 0.0175. The molecule has 0 saturated carbocycles. The molecule has 2 aromatic rings. The lowest BCUT2D eigenvalue weighted by Crippen LogP contribution is -2.03. The Balaban J connectivity index is 2.23. The Bertz CT molecular complexity index is 661. The predicted molar refractivity (Wildman–Crippen MR) is 82.4 cm³/mol. The second-order valence-electron chi connectivity index (χ2n) is 4.31. The van der Waals surface area contributed by atoms with Gasteiger partial charge in [-0.1, -0.05) is 15.9 Å². The molecule has 0 aliphatic rings. The molecule has 5 heteroatoms. The third-order valence-electron chi connectivity index (χ3n) is 2.86. The van der Waals surface area contributed by atoms with Crippen LogP contribution in [0, 0.1) is 6.92 Å². The van der Waals surface area contributed by atoms with Gasteiger partial charge in [0.2, 0.25) is 5.78 Å². The van der Waals surface area contributed by atoms with E-state index in [4.69, 9.17) is 0 Å². The van der Waals surface area contributed by atoms with E-state index in [0.717, 1.165) is 14.9 Å². The molecule has 1 aromatic carbocycles. The molecule has 0 aliphatic heterocycles. The van der Waals surface area contributed by atoms with Crippen molar-refractivity contribution in [2.45, 2.75) is 13.3 Å². The highest BCUT2D eigenvalue weighted by Gasteiger charge is 2.15. The molecule has 1 heterocycles. The zero-order chi connectivity index (χ0) is 14.7. The molecular weight excluding hydrogens is 340 g/mol. The zero-order valence-electron chi connectivity index (χ0n) is 11.1. The molecule has 20 heavy (non-hydrogen) atoms. The van der Waals surface area contributed by atoms with Gasteiger partial charge in [0, 0.05) is 14.9 Å². The van der Waals surface area contributed by atoms with Crippen LogP contribution in [0.1, 0.15) is 25.7 Å². The first-order chi connectivity index (χ1) is 9.51. The summed E-state index contributed by atoms with van der Waals surface area (Å²) in [5, 5.41) is 0. The van der Waals surface area contributed by atoms with Gasteiger partial charge in [0.15, 0.2) is 0 Å². The summed E-state index contributed by atoms with van der Waals surface area (Å²) < 4.78 is 5.57. The fraction of sp³-hybridized carbons (Fsp3) is 0.200. The van der Waals surface area contributed by atoms with E-state index in [0.29, 0.717) is 10.4 Å². The predicted octanol–water partition coefficient (Wildman–Crippen LogP) is 3.77. The molecule has 0 saturated heterocycles. The maximum Gasteiger partial charge on any atom is 0.310 e. The lowest BCUT2D eigenvalue weighted by Gasteiger charge is -2.03. The number of carbonyl (C=O) groups excluding carboxylic acids is 2. The van der Waals surface area contributed by atoms with Crippen molar-refractivity contribution in [1.29, 1.82) is 0 Å². The van der Waals surface area contributed by atoms with Crippen molar-refractivity contribution in [2.75, 3.05) is 7.11 Å². The van der Waals surface area contributed by atoms with Gasteiger partial charge in [-0.05, 0) is 42.8 Å². The molecule has 1 aromatic heterocycles. The van der Waals surface area contributed by atoms with Crippen LogP contribution in [0.3, 0.4) is 0 Å². The third kappa shape index (κ3) is 3.35. The van der Waals surface area contributed by atoms with Crippen molar-refractivity contribution in [3.63, 3.8) is 0 Å². The number of methoxy groups -OCH3 is 1. The Labute approximate surface area is 129 Å². The summed E-state index contributed by atoms with van der Waals surface area (Å²) in [4.78, 5) is 25.1. The highest BCUT2D eigenvalue weighted by atomic mass is 79.9. The van der Waals surface area contributed by atoms with Crippen molar-refractivity contribution in [3.05, 3.63) is 55.7 Å². The first-order valence-electron chi connectivity index (χ1n) is 5.97. The SMILES string of the molecule is COC(=O)Cc1ccc(C(=O)c2ccc(Br)cc2C)s1. The quantitative estimate of drug-likeness (QED) is 0.621. The van der Waals surface area contributed by atoms with E-state index in [9.17, 15) is 9.59 Å². The van der Waals surface area contributed by atoms with Crippen LogP contribution in [0.15, 0.2) is 34.8 Å². The van der Waals surface area contributed by atoms with Gasteiger partial charge >= 0.3 is 5.97 Å². The normalized spacial score (nSPS) is 10.3. The van der Waals surface area contributed by atoms with Crippen LogP contribution in [0.2, 0.25) is 0 Å². The first-order valence-corrected chi connectivity index (χ1v) is 7.58. The number of hydrogen-bond acceptors (Lipinski definition) is 4. The van der Waals surface area contributed by atoms with E-state index in [1.807, 2.05) is 19.1 Å². The summed E-state index contributed by atoms with van der Waals surface area (Å²) in [6.07, 6.45) is 0.202. The Hall–Kier alpha value is -1.46. The van der Waals surface area contributed by atoms with Gasteiger partial charge in [0.05, 0.1) is 18.4 Å². The van der Waals surface area contributed by atoms with E-state index in [-0.39, 0.29) is 18.2 Å². The Morgan fingerprint density at radius 2 is 2.00 bits per heavy atom. The number of rotatable bonds is 4. The highest BCUT2D eigenvalue weighted by Crippen LogP contribution is 2.24. The maximum absolute atomic E-state index is 12.4. The average molecular weight is 353 g/mol. The van der Waals surface area contributed by atoms with Gasteiger partial charge in [-0.2, -0.15) is 0 Å². The van der Waals surface area contributed by atoms with Crippen LogP contribution in [-0.4, -0.2) is 18.9 Å². The maximum atomic E-state index is 12.4. The molecule has 0 spiro atoms. The van der Waals surface area contributed by atoms with Crippen molar-refractivity contribution in [1.82, 2.24) is 0 Å². The van der Waals surface area contributed by atoms with E-state index in [1.54, 1.807) is 18.2 Å². The van der Waals surface area contributed by atoms with Crippen LogP contribution < -0.4 is 0 Å². The minimum Gasteiger partial charge on any atom is -0.469 e. The number of hydrogen-bond donors (Lipinski definition) is 0. The highest BCUT2D eigenvalue weighted by molar-refractivity contribution is 9.10. The fourth-order valence-electron chi connectivity index (χ4n) is 1.82. The summed E-state index contributed by atoms with van der Waals surface area (Å²) >= 11 is 4.71. The van der Waals surface area contributed by atoms with Crippen LogP contribution in [0.5, 0.6) is 0 Å². The molecule has 0 aliphatic carbocycles. The number of ketones is 1. The lowest BCUT2D eigenvalue weighted by molar-refractivity contribution is -0.139. The number of halogens is 1. The molecule has 104 valence electrons. The monoisotopic (exact) mass is 352 g/mol. The summed E-state index contributed by atoms with van der Waals surface area (Å²) in [6, 6.07) is 9.12. The van der Waals surface area contributed by atoms with Crippen molar-refractivity contribution in [2.24, 2.45) is 0 Å². The van der Waals surface area contributed by atoms with Crippen LogP contribution in [-0.2, 0) is 16.0 Å². The number of ether oxygens (including phenoxy) is 1. The van der Waals surface area contributed by atoms with E-state index < -0.39 is 0 Å². The van der Waals surface area contributed by atoms with Gasteiger partial charge in [-0.25, -0.2) is 0 Å². The van der Waals surface area contributed by atoms with E-state index in [2.05, 4.69) is 20.7 Å². The van der Waals surface area contributed by atoms with Gasteiger partial charge in [0.1, 0.15) is 0 Å². The van der Waals surface area contributed by atoms with E-state index in [1.165, 1.54) is 18.4 Å². The molecule has 0 bridgehead atoms. The number of carbonyl (C=O) groups is 2. The van der Waals surface area contributed by atoms with Gasteiger partial charge in [-0.3, -0.25) is 9.59 Å². The smallest absolute Gasteiger partial charge is 0.310 e. The molecule has 0 fully saturated rings. The molecule has 3 nitrogen and oxygen atoms in total. The standard InChI is InChI=1S/C15H13BrO3S/c1-9-7-10(16)3-5-12(9)15(18)13-6-4-11(20-13)8-14(17)19-2/h3-7H,8H2,1-2H3. The molecule has 2 rings (SSSR count). The van der Waals surface area contributed by atoms with Crippen molar-refractivity contribution >= 4 is 39.0 Å². The van der Waals surface area contributed by atoms with Crippen molar-refractivity contribution in [3.8, 4) is 0 Å². The van der Waals surface area contributed by atoms with Gasteiger partial charge < -0.3 is 4.74 Å². The first kappa shape index (κ1) is 14.9. The van der Waals surface area contributed by atoms with Gasteiger partial charge in [-0.15, -0.1) is 11.3 Å². The van der Waals surface area contributed by atoms with Gasteiger partial charge in [0.25, 0.3) is 0 Å². The van der Waals surface area contributed by atoms with E-state index >= 15 is 0 Å². The Morgan fingerprint density at radius 3 is 2.65 bits per heavy atom. The Kier molecular flexibility index (Phi) is 4.73. The molecule has 0 atom stereocenters. The molecular formula is C15H13BrO3S. The summed E-state index contributed by atoms with van der Waals surface area (Å²) in [7, 11) is 1.35. The van der Waals surface area contributed by atoms with Crippen LogP contribution in [0.25, 0.3) is 0 Å². The second kappa shape index (κ2) is 6.33. The number of aryl methyl sites for hydroxylation is 1. The van der Waals surface area contributed by atoms with Crippen LogP contribution >= 0.6 is 27.3 Å². The second-order valence-corrected chi connectivity index (χ2v) is 6.39. The van der Waals surface area contributed by atoms with Crippen molar-refractivity contribution < 1.29 is 14.3 Å². The fourth-order valence-corrected chi connectivity index (χ4v) is 3.25. The summed E-state index contributed by atoms with van der Waals surface area (Å²) in [6.45, 7) is 1.90. The van der Waals surface area contributed by atoms with Crippen LogP contribution in [0.4, 0.5) is 0 Å². The number of benzene rings is 1. The topological polar surface area (TPSA) is 43.4 Å². The third-order valence-corrected chi connectivity index (χ3v) is 4.44. The minimum atomic E-state index is -0.300. The number of thiophene rings is 1. The zero-order valence-corrected chi connectivity index (χ0v) is 13.5.